The minimum absolute atomic E-state index is 0.0675. The van der Waals surface area contributed by atoms with Gasteiger partial charge in [0.05, 0.1) is 35.2 Å². The quantitative estimate of drug-likeness (QED) is 0.785. The van der Waals surface area contributed by atoms with E-state index in [0.29, 0.717) is 13.0 Å². The van der Waals surface area contributed by atoms with Crippen LogP contribution in [0.25, 0.3) is 0 Å². The highest BCUT2D eigenvalue weighted by Gasteiger charge is 2.29. The van der Waals surface area contributed by atoms with Crippen LogP contribution in [-0.4, -0.2) is 61.1 Å². The van der Waals surface area contributed by atoms with Crippen molar-refractivity contribution in [3.63, 3.8) is 0 Å². The zero-order valence-corrected chi connectivity index (χ0v) is 13.7. The van der Waals surface area contributed by atoms with Crippen LogP contribution in [0.1, 0.15) is 17.1 Å². The van der Waals surface area contributed by atoms with Crippen LogP contribution in [0.4, 0.5) is 0 Å². The summed E-state index contributed by atoms with van der Waals surface area (Å²) < 4.78 is 0. The summed E-state index contributed by atoms with van der Waals surface area (Å²) in [6.45, 7) is 4.14. The molecule has 0 radical (unpaired) electrons. The number of piperidine rings is 1. The zero-order chi connectivity index (χ0) is 16.2. The molecule has 2 N–H and O–H groups in total. The number of carbonyl (C=O) groups is 1. The second-order valence-electron chi connectivity index (χ2n) is 5.68. The highest BCUT2D eigenvalue weighted by Crippen LogP contribution is 2.16. The van der Waals surface area contributed by atoms with E-state index in [1.54, 1.807) is 11.3 Å². The molecule has 1 saturated heterocycles. The molecule has 0 aromatic carbocycles. The van der Waals surface area contributed by atoms with Gasteiger partial charge in [-0.15, -0.1) is 11.3 Å². The average Bonchev–Trinajstić information content (AvgIpc) is 3.14. The van der Waals surface area contributed by atoms with Crippen molar-refractivity contribution in [3.8, 4) is 0 Å². The Morgan fingerprint density at radius 1 is 1.48 bits per heavy atom. The van der Waals surface area contributed by atoms with Crippen molar-refractivity contribution < 1.29 is 9.90 Å². The molecule has 0 saturated carbocycles. The number of aliphatic hydroxyl groups is 1. The number of aromatic nitrogens is 4. The number of hydrogen-bond donors (Lipinski definition) is 2. The third-order valence-corrected chi connectivity index (χ3v) is 4.64. The van der Waals surface area contributed by atoms with Gasteiger partial charge in [0.2, 0.25) is 5.91 Å². The number of β-amino-alcohol motifs (C(OH)–C–C–N with tert-alkyl or cyclic N) is 1. The van der Waals surface area contributed by atoms with Crippen LogP contribution in [0, 0.1) is 6.92 Å². The van der Waals surface area contributed by atoms with Gasteiger partial charge in [0, 0.05) is 25.0 Å². The summed E-state index contributed by atoms with van der Waals surface area (Å²) in [5.41, 5.74) is 1.03. The smallest absolute Gasteiger partial charge is 0.243 e. The van der Waals surface area contributed by atoms with Crippen molar-refractivity contribution in [2.45, 2.75) is 38.6 Å². The molecular formula is C14H20N6O2S. The molecular weight excluding hydrogens is 316 g/mol. The summed E-state index contributed by atoms with van der Waals surface area (Å²) in [7, 11) is 0. The van der Waals surface area contributed by atoms with Gasteiger partial charge in [0.15, 0.2) is 0 Å². The Labute approximate surface area is 138 Å². The maximum Gasteiger partial charge on any atom is 0.243 e. The van der Waals surface area contributed by atoms with Crippen LogP contribution in [0.2, 0.25) is 0 Å². The lowest BCUT2D eigenvalue weighted by Crippen LogP contribution is -2.54. The van der Waals surface area contributed by atoms with Crippen LogP contribution in [0.15, 0.2) is 17.8 Å². The maximum atomic E-state index is 12.0. The first-order chi connectivity index (χ1) is 11.1. The van der Waals surface area contributed by atoms with Crippen molar-refractivity contribution in [2.24, 2.45) is 0 Å². The summed E-state index contributed by atoms with van der Waals surface area (Å²) in [4.78, 5) is 19.9. The third kappa shape index (κ3) is 4.34. The number of rotatable bonds is 5. The van der Waals surface area contributed by atoms with Gasteiger partial charge in [0.25, 0.3) is 0 Å². The normalized spacial score (nSPS) is 22.2. The summed E-state index contributed by atoms with van der Waals surface area (Å²) in [5, 5.41) is 24.0. The molecule has 124 valence electrons. The lowest BCUT2D eigenvalue weighted by atomic mass is 10.0. The molecule has 1 fully saturated rings. The number of aliphatic hydroxyl groups excluding tert-OH is 1. The van der Waals surface area contributed by atoms with Crippen molar-refractivity contribution >= 4 is 17.2 Å². The molecule has 3 rings (SSSR count). The second kappa shape index (κ2) is 7.16. The Balaban J connectivity index is 1.47. The van der Waals surface area contributed by atoms with Gasteiger partial charge >= 0.3 is 0 Å². The number of nitrogens with zero attached hydrogens (tertiary/aromatic N) is 5. The molecule has 3 heterocycles. The first-order valence-electron chi connectivity index (χ1n) is 7.55. The summed E-state index contributed by atoms with van der Waals surface area (Å²) >= 11 is 1.63. The fourth-order valence-corrected chi connectivity index (χ4v) is 3.33. The predicted octanol–water partition coefficient (Wildman–Crippen LogP) is -0.205. The van der Waals surface area contributed by atoms with Gasteiger partial charge in [-0.05, 0) is 13.3 Å². The summed E-state index contributed by atoms with van der Waals surface area (Å²) in [6.07, 6.45) is 3.18. The first kappa shape index (κ1) is 16.0. The minimum atomic E-state index is -0.585. The van der Waals surface area contributed by atoms with Gasteiger partial charge in [-0.2, -0.15) is 15.0 Å². The van der Waals surface area contributed by atoms with Crippen LogP contribution < -0.4 is 5.32 Å². The van der Waals surface area contributed by atoms with Crippen LogP contribution in [0.5, 0.6) is 0 Å². The number of nitrogens with one attached hydrogen (secondary N) is 1. The molecule has 23 heavy (non-hydrogen) atoms. The standard InChI is InChI=1S/C14H20N6O2S/c1-10-17-11(9-23-10)6-19-5-2-12(13(21)7-19)18-14(22)8-20-15-3-4-16-20/h3-4,9,12-13,21H,2,5-8H2,1H3,(H,18,22)/t12-,13-/m1/s1. The van der Waals surface area contributed by atoms with E-state index in [0.717, 1.165) is 23.8 Å². The lowest BCUT2D eigenvalue weighted by Gasteiger charge is -2.35. The molecule has 0 bridgehead atoms. The van der Waals surface area contributed by atoms with Gasteiger partial charge in [-0.25, -0.2) is 4.98 Å². The van der Waals surface area contributed by atoms with Crippen molar-refractivity contribution in [1.29, 1.82) is 0 Å². The number of thiazole rings is 1. The fraction of sp³-hybridized carbons (Fsp3) is 0.571. The highest BCUT2D eigenvalue weighted by atomic mass is 32.1. The first-order valence-corrected chi connectivity index (χ1v) is 8.43. The summed E-state index contributed by atoms with van der Waals surface area (Å²) in [6, 6.07) is -0.230. The second-order valence-corrected chi connectivity index (χ2v) is 6.74. The monoisotopic (exact) mass is 336 g/mol. The van der Waals surface area contributed by atoms with E-state index < -0.39 is 6.10 Å². The SMILES string of the molecule is Cc1nc(CN2CC[C@@H](NC(=O)Cn3nccn3)[C@H](O)C2)cs1. The van der Waals surface area contributed by atoms with E-state index in [1.165, 1.54) is 17.2 Å². The Kier molecular flexibility index (Phi) is 4.99. The van der Waals surface area contributed by atoms with E-state index in [2.05, 4.69) is 25.4 Å². The molecule has 0 aliphatic carbocycles. The number of amides is 1. The topological polar surface area (TPSA) is 96.2 Å². The van der Waals surface area contributed by atoms with E-state index in [9.17, 15) is 9.90 Å². The molecule has 0 spiro atoms. The van der Waals surface area contributed by atoms with Crippen molar-refractivity contribution in [1.82, 2.24) is 30.2 Å². The van der Waals surface area contributed by atoms with Gasteiger partial charge in [-0.3, -0.25) is 9.69 Å². The third-order valence-electron chi connectivity index (χ3n) is 3.82. The lowest BCUT2D eigenvalue weighted by molar-refractivity contribution is -0.124. The van der Waals surface area contributed by atoms with Crippen LogP contribution in [-0.2, 0) is 17.9 Å². The van der Waals surface area contributed by atoms with Gasteiger partial charge < -0.3 is 10.4 Å². The molecule has 0 unspecified atom stereocenters. The Morgan fingerprint density at radius 3 is 2.91 bits per heavy atom. The van der Waals surface area contributed by atoms with E-state index >= 15 is 0 Å². The van der Waals surface area contributed by atoms with E-state index in [4.69, 9.17) is 0 Å². The fourth-order valence-electron chi connectivity index (χ4n) is 2.72. The minimum Gasteiger partial charge on any atom is -0.390 e. The Hall–Kier alpha value is -1.84. The van der Waals surface area contributed by atoms with E-state index in [-0.39, 0.29) is 18.5 Å². The molecule has 9 heteroatoms. The largest absolute Gasteiger partial charge is 0.390 e. The number of likely N-dealkylation sites (tertiary alicyclic amines) is 1. The maximum absolute atomic E-state index is 12.0. The molecule has 1 aliphatic heterocycles. The molecule has 2 aromatic rings. The van der Waals surface area contributed by atoms with Crippen LogP contribution in [0.3, 0.4) is 0 Å². The molecule has 8 nitrogen and oxygen atoms in total. The highest BCUT2D eigenvalue weighted by molar-refractivity contribution is 7.09. The number of carbonyl (C=O) groups excluding carboxylic acids is 1. The molecule has 2 aromatic heterocycles. The molecule has 2 atom stereocenters. The Bertz CT molecular complexity index is 643. The zero-order valence-electron chi connectivity index (χ0n) is 12.9. The van der Waals surface area contributed by atoms with Gasteiger partial charge in [0.1, 0.15) is 6.54 Å². The summed E-state index contributed by atoms with van der Waals surface area (Å²) in [5.74, 6) is -0.186. The number of aryl methyl sites for hydroxylation is 1. The Morgan fingerprint density at radius 2 is 2.26 bits per heavy atom. The average molecular weight is 336 g/mol. The molecule has 1 amide bonds. The van der Waals surface area contributed by atoms with E-state index in [1.807, 2.05) is 12.3 Å². The number of hydrogen-bond acceptors (Lipinski definition) is 7. The van der Waals surface area contributed by atoms with Crippen LogP contribution >= 0.6 is 11.3 Å². The molecule has 1 aliphatic rings. The van der Waals surface area contributed by atoms with Crippen molar-refractivity contribution in [3.05, 3.63) is 28.5 Å². The van der Waals surface area contributed by atoms with Gasteiger partial charge in [-0.1, -0.05) is 0 Å². The predicted molar refractivity (Wildman–Crippen MR) is 84.7 cm³/mol. The van der Waals surface area contributed by atoms with Crippen molar-refractivity contribution in [2.75, 3.05) is 13.1 Å².